The summed E-state index contributed by atoms with van der Waals surface area (Å²) in [7, 11) is 0. The highest BCUT2D eigenvalue weighted by atomic mass is 35.5. The van der Waals surface area contributed by atoms with Gasteiger partial charge in [0.15, 0.2) is 0 Å². The number of hydrogen-bond acceptors (Lipinski definition) is 4. The highest BCUT2D eigenvalue weighted by Crippen LogP contribution is 2.23. The molecule has 3 rings (SSSR count). The number of aromatic nitrogens is 2. The molecule has 0 bridgehead atoms. The van der Waals surface area contributed by atoms with E-state index in [1.54, 1.807) is 6.07 Å². The molecule has 1 saturated heterocycles. The highest BCUT2D eigenvalue weighted by molar-refractivity contribution is 6.29. The molecule has 6 heteroatoms. The lowest BCUT2D eigenvalue weighted by Crippen LogP contribution is -2.47. The van der Waals surface area contributed by atoms with E-state index < -0.39 is 0 Å². The van der Waals surface area contributed by atoms with Crippen LogP contribution in [0, 0.1) is 5.82 Å². The second kappa shape index (κ2) is 6.58. The fraction of sp³-hybridized carbons (Fsp3) is 0.375. The predicted octanol–water partition coefficient (Wildman–Crippen LogP) is 3.15. The molecule has 0 amide bonds. The van der Waals surface area contributed by atoms with Gasteiger partial charge in [-0.05, 0) is 24.6 Å². The van der Waals surface area contributed by atoms with Crippen LogP contribution in [0.25, 0.3) is 0 Å². The molecule has 1 atom stereocenters. The van der Waals surface area contributed by atoms with Crippen LogP contribution in [0.2, 0.25) is 5.15 Å². The molecule has 0 radical (unpaired) electrons. The van der Waals surface area contributed by atoms with Crippen molar-refractivity contribution in [3.63, 3.8) is 0 Å². The molecule has 1 aliphatic heterocycles. The van der Waals surface area contributed by atoms with Crippen molar-refractivity contribution in [2.75, 3.05) is 31.1 Å². The van der Waals surface area contributed by atoms with E-state index >= 15 is 0 Å². The van der Waals surface area contributed by atoms with Crippen molar-refractivity contribution in [1.29, 1.82) is 0 Å². The van der Waals surface area contributed by atoms with Crippen LogP contribution in [0.5, 0.6) is 0 Å². The first-order chi connectivity index (χ1) is 10.6. The summed E-state index contributed by atoms with van der Waals surface area (Å²) in [4.78, 5) is 12.8. The molecule has 1 fully saturated rings. The van der Waals surface area contributed by atoms with Crippen LogP contribution in [0.4, 0.5) is 10.2 Å². The number of rotatable bonds is 3. The van der Waals surface area contributed by atoms with Gasteiger partial charge in [-0.25, -0.2) is 14.4 Å². The number of hydrogen-bond donors (Lipinski definition) is 0. The number of benzene rings is 1. The van der Waals surface area contributed by atoms with Gasteiger partial charge in [-0.2, -0.15) is 0 Å². The van der Waals surface area contributed by atoms with Gasteiger partial charge in [0, 0.05) is 38.3 Å². The van der Waals surface area contributed by atoms with Gasteiger partial charge in [-0.3, -0.25) is 4.90 Å². The topological polar surface area (TPSA) is 32.3 Å². The molecule has 1 aromatic heterocycles. The molecule has 0 N–H and O–H groups in total. The standard InChI is InChI=1S/C16H18ClFN4/c1-12(13-2-4-14(18)5-3-13)21-6-8-22(9-7-21)16-10-15(17)19-11-20-16/h2-5,10-12H,6-9H2,1H3/t12-/m1/s1. The smallest absolute Gasteiger partial charge is 0.134 e. The van der Waals surface area contributed by atoms with E-state index in [-0.39, 0.29) is 11.9 Å². The maximum absolute atomic E-state index is 13.0. The summed E-state index contributed by atoms with van der Waals surface area (Å²) in [6.45, 7) is 5.79. The molecular weight excluding hydrogens is 303 g/mol. The minimum atomic E-state index is -0.193. The lowest BCUT2D eigenvalue weighted by Gasteiger charge is -2.38. The first kappa shape index (κ1) is 15.2. The Bertz CT molecular complexity index is 626. The van der Waals surface area contributed by atoms with E-state index in [0.717, 1.165) is 37.6 Å². The van der Waals surface area contributed by atoms with E-state index in [0.29, 0.717) is 5.15 Å². The molecule has 1 aromatic carbocycles. The van der Waals surface area contributed by atoms with Gasteiger partial charge < -0.3 is 4.90 Å². The summed E-state index contributed by atoms with van der Waals surface area (Å²) in [6, 6.07) is 8.82. The zero-order chi connectivity index (χ0) is 15.5. The quantitative estimate of drug-likeness (QED) is 0.813. The second-order valence-electron chi connectivity index (χ2n) is 5.45. The normalized spacial score (nSPS) is 17.5. The third kappa shape index (κ3) is 3.36. The molecule has 22 heavy (non-hydrogen) atoms. The molecule has 2 heterocycles. The Labute approximate surface area is 134 Å². The van der Waals surface area contributed by atoms with Crippen LogP contribution in [0.15, 0.2) is 36.7 Å². The number of halogens is 2. The van der Waals surface area contributed by atoms with Gasteiger partial charge in [0.2, 0.25) is 0 Å². The van der Waals surface area contributed by atoms with Crippen LogP contribution < -0.4 is 4.90 Å². The predicted molar refractivity (Wildman–Crippen MR) is 85.6 cm³/mol. The van der Waals surface area contributed by atoms with Gasteiger partial charge in [0.1, 0.15) is 23.1 Å². The minimum Gasteiger partial charge on any atom is -0.354 e. The number of piperazine rings is 1. The van der Waals surface area contributed by atoms with Gasteiger partial charge in [0.05, 0.1) is 0 Å². The number of anilines is 1. The van der Waals surface area contributed by atoms with E-state index in [4.69, 9.17) is 11.6 Å². The molecule has 0 saturated carbocycles. The molecule has 4 nitrogen and oxygen atoms in total. The van der Waals surface area contributed by atoms with Crippen LogP contribution in [0.3, 0.4) is 0 Å². The van der Waals surface area contributed by atoms with Crippen molar-refractivity contribution in [1.82, 2.24) is 14.9 Å². The molecule has 0 aliphatic carbocycles. The summed E-state index contributed by atoms with van der Waals surface area (Å²) in [6.07, 6.45) is 1.49. The van der Waals surface area contributed by atoms with Crippen molar-refractivity contribution in [3.05, 3.63) is 53.2 Å². The monoisotopic (exact) mass is 320 g/mol. The first-order valence-corrected chi connectivity index (χ1v) is 7.73. The van der Waals surface area contributed by atoms with Crippen LogP contribution in [0.1, 0.15) is 18.5 Å². The maximum atomic E-state index is 13.0. The van der Waals surface area contributed by atoms with E-state index in [2.05, 4.69) is 26.7 Å². The van der Waals surface area contributed by atoms with Crippen molar-refractivity contribution in [3.8, 4) is 0 Å². The Morgan fingerprint density at radius 2 is 1.77 bits per heavy atom. The zero-order valence-corrected chi connectivity index (χ0v) is 13.2. The summed E-state index contributed by atoms with van der Waals surface area (Å²) in [5.74, 6) is 0.676. The highest BCUT2D eigenvalue weighted by Gasteiger charge is 2.22. The van der Waals surface area contributed by atoms with E-state index in [9.17, 15) is 4.39 Å². The third-order valence-electron chi connectivity index (χ3n) is 4.16. The zero-order valence-electron chi connectivity index (χ0n) is 12.4. The molecule has 0 spiro atoms. The van der Waals surface area contributed by atoms with Crippen molar-refractivity contribution >= 4 is 17.4 Å². The fourth-order valence-electron chi connectivity index (χ4n) is 2.79. The van der Waals surface area contributed by atoms with Gasteiger partial charge in [0.25, 0.3) is 0 Å². The first-order valence-electron chi connectivity index (χ1n) is 7.35. The molecular formula is C16H18ClFN4. The van der Waals surface area contributed by atoms with Gasteiger partial charge in [-0.1, -0.05) is 23.7 Å². The molecule has 0 unspecified atom stereocenters. The van der Waals surface area contributed by atoms with E-state index in [1.165, 1.54) is 18.5 Å². The van der Waals surface area contributed by atoms with Crippen LogP contribution >= 0.6 is 11.6 Å². The van der Waals surface area contributed by atoms with Crippen molar-refractivity contribution < 1.29 is 4.39 Å². The maximum Gasteiger partial charge on any atom is 0.134 e. The van der Waals surface area contributed by atoms with Crippen LogP contribution in [-0.4, -0.2) is 41.0 Å². The molecule has 1 aliphatic rings. The summed E-state index contributed by atoms with van der Waals surface area (Å²) in [5, 5.41) is 0.465. The second-order valence-corrected chi connectivity index (χ2v) is 5.84. The summed E-state index contributed by atoms with van der Waals surface area (Å²) in [5.41, 5.74) is 1.14. The molecule has 116 valence electrons. The van der Waals surface area contributed by atoms with Crippen LogP contribution in [-0.2, 0) is 0 Å². The lowest BCUT2D eigenvalue weighted by molar-refractivity contribution is 0.198. The Morgan fingerprint density at radius 1 is 1.09 bits per heavy atom. The Morgan fingerprint density at radius 3 is 2.41 bits per heavy atom. The molecule has 2 aromatic rings. The Balaban J connectivity index is 1.62. The lowest BCUT2D eigenvalue weighted by atomic mass is 10.1. The largest absolute Gasteiger partial charge is 0.354 e. The van der Waals surface area contributed by atoms with Gasteiger partial charge in [-0.15, -0.1) is 0 Å². The van der Waals surface area contributed by atoms with Gasteiger partial charge >= 0.3 is 0 Å². The third-order valence-corrected chi connectivity index (χ3v) is 4.36. The fourth-order valence-corrected chi connectivity index (χ4v) is 2.93. The average Bonchev–Trinajstić information content (AvgIpc) is 2.55. The Hall–Kier alpha value is -1.72. The summed E-state index contributed by atoms with van der Waals surface area (Å²) < 4.78 is 13.0. The summed E-state index contributed by atoms with van der Waals surface area (Å²) >= 11 is 5.92. The van der Waals surface area contributed by atoms with Crippen molar-refractivity contribution in [2.24, 2.45) is 0 Å². The van der Waals surface area contributed by atoms with Crippen molar-refractivity contribution in [2.45, 2.75) is 13.0 Å². The SMILES string of the molecule is C[C@H](c1ccc(F)cc1)N1CCN(c2cc(Cl)ncn2)CC1. The number of nitrogens with zero attached hydrogens (tertiary/aromatic N) is 4. The van der Waals surface area contributed by atoms with E-state index in [1.807, 2.05) is 12.1 Å². The average molecular weight is 321 g/mol. The Kier molecular flexibility index (Phi) is 4.55. The minimum absolute atomic E-state index is 0.193.